The average molecular weight is 308 g/mol. The molecule has 0 aromatic heterocycles. The maximum atomic E-state index is 12.7. The molecular formula is C14H23F3N2O2. The molecule has 0 bridgehead atoms. The minimum Gasteiger partial charge on any atom is -0.393 e. The predicted octanol–water partition coefficient (Wildman–Crippen LogP) is 2.71. The molecule has 2 aliphatic rings. The summed E-state index contributed by atoms with van der Waals surface area (Å²) in [7, 11) is 0. The van der Waals surface area contributed by atoms with Crippen molar-refractivity contribution < 1.29 is 23.1 Å². The molecule has 0 heterocycles. The highest BCUT2D eigenvalue weighted by Gasteiger charge is 2.42. The van der Waals surface area contributed by atoms with E-state index >= 15 is 0 Å². The van der Waals surface area contributed by atoms with E-state index in [1.54, 1.807) is 0 Å². The molecule has 0 aromatic rings. The van der Waals surface area contributed by atoms with Crippen molar-refractivity contribution in [1.29, 1.82) is 0 Å². The van der Waals surface area contributed by atoms with Crippen LogP contribution in [0.4, 0.5) is 18.0 Å². The van der Waals surface area contributed by atoms with Gasteiger partial charge in [0, 0.05) is 12.1 Å². The molecular weight excluding hydrogens is 285 g/mol. The number of hydrogen-bond donors (Lipinski definition) is 3. The zero-order chi connectivity index (χ0) is 15.5. The number of halogens is 3. The summed E-state index contributed by atoms with van der Waals surface area (Å²) in [6.45, 7) is 0. The maximum absolute atomic E-state index is 12.7. The number of rotatable bonds is 2. The minimum absolute atomic E-state index is 0.00963. The molecule has 2 saturated carbocycles. The topological polar surface area (TPSA) is 61.4 Å². The van der Waals surface area contributed by atoms with Crippen molar-refractivity contribution in [3.8, 4) is 0 Å². The lowest BCUT2D eigenvalue weighted by Gasteiger charge is -2.32. The van der Waals surface area contributed by atoms with Gasteiger partial charge in [-0.3, -0.25) is 0 Å². The summed E-state index contributed by atoms with van der Waals surface area (Å²) in [5.74, 6) is -1.30. The fourth-order valence-corrected chi connectivity index (χ4v) is 3.25. The Kier molecular flexibility index (Phi) is 5.35. The maximum Gasteiger partial charge on any atom is 0.391 e. The Morgan fingerprint density at radius 1 is 0.952 bits per heavy atom. The number of alkyl halides is 3. The normalized spacial score (nSPS) is 34.3. The first-order valence-corrected chi connectivity index (χ1v) is 7.66. The van der Waals surface area contributed by atoms with Crippen molar-refractivity contribution in [2.75, 3.05) is 0 Å². The molecule has 122 valence electrons. The van der Waals surface area contributed by atoms with Crippen LogP contribution >= 0.6 is 0 Å². The number of urea groups is 1. The average Bonchev–Trinajstić information content (AvgIpc) is 2.41. The summed E-state index contributed by atoms with van der Waals surface area (Å²) < 4.78 is 38.1. The summed E-state index contributed by atoms with van der Waals surface area (Å²) in [4.78, 5) is 11.9. The van der Waals surface area contributed by atoms with Gasteiger partial charge in [0.1, 0.15) is 0 Å². The van der Waals surface area contributed by atoms with Crippen LogP contribution in [0.25, 0.3) is 0 Å². The Hall–Kier alpha value is -0.980. The molecule has 2 fully saturated rings. The van der Waals surface area contributed by atoms with Gasteiger partial charge < -0.3 is 15.7 Å². The van der Waals surface area contributed by atoms with Gasteiger partial charge in [0.05, 0.1) is 12.0 Å². The first-order chi connectivity index (χ1) is 9.84. The van der Waals surface area contributed by atoms with Crippen LogP contribution < -0.4 is 10.6 Å². The Morgan fingerprint density at radius 3 is 2.19 bits per heavy atom. The molecule has 0 radical (unpaired) electrons. The number of hydrogen-bond acceptors (Lipinski definition) is 2. The Morgan fingerprint density at radius 2 is 1.57 bits per heavy atom. The Bertz CT molecular complexity index is 355. The molecule has 7 heteroatoms. The van der Waals surface area contributed by atoms with Crippen LogP contribution in [0.5, 0.6) is 0 Å². The SMILES string of the molecule is O=C(NC1CCC(O)CC1)NC1CCCC(C(F)(F)F)C1. The fourth-order valence-electron chi connectivity index (χ4n) is 3.25. The second-order valence-electron chi connectivity index (χ2n) is 6.23. The van der Waals surface area contributed by atoms with Crippen LogP contribution in [0, 0.1) is 5.92 Å². The lowest BCUT2D eigenvalue weighted by atomic mass is 9.85. The molecule has 2 aliphatic carbocycles. The van der Waals surface area contributed by atoms with Gasteiger partial charge in [-0.25, -0.2) is 4.79 Å². The van der Waals surface area contributed by atoms with Gasteiger partial charge in [-0.2, -0.15) is 13.2 Å². The summed E-state index contributed by atoms with van der Waals surface area (Å²) >= 11 is 0. The molecule has 3 N–H and O–H groups in total. The fraction of sp³-hybridized carbons (Fsp3) is 0.929. The number of carbonyl (C=O) groups is 1. The minimum atomic E-state index is -4.17. The number of aliphatic hydroxyl groups is 1. The third-order valence-corrected chi connectivity index (χ3v) is 4.50. The summed E-state index contributed by atoms with van der Waals surface area (Å²) in [6.07, 6.45) is -0.504. The van der Waals surface area contributed by atoms with Crippen LogP contribution in [0.1, 0.15) is 51.4 Å². The van der Waals surface area contributed by atoms with Crippen LogP contribution in [0.3, 0.4) is 0 Å². The van der Waals surface area contributed by atoms with E-state index in [9.17, 15) is 23.1 Å². The van der Waals surface area contributed by atoms with Gasteiger partial charge in [-0.05, 0) is 44.9 Å². The lowest BCUT2D eigenvalue weighted by Crippen LogP contribution is -2.49. The van der Waals surface area contributed by atoms with E-state index in [0.29, 0.717) is 38.5 Å². The van der Waals surface area contributed by atoms with E-state index in [0.717, 1.165) is 0 Å². The van der Waals surface area contributed by atoms with E-state index in [4.69, 9.17) is 0 Å². The second kappa shape index (κ2) is 6.85. The van der Waals surface area contributed by atoms with Crippen LogP contribution in [-0.4, -0.2) is 35.5 Å². The van der Waals surface area contributed by atoms with Gasteiger partial charge in [0.25, 0.3) is 0 Å². The number of aliphatic hydroxyl groups excluding tert-OH is 1. The smallest absolute Gasteiger partial charge is 0.391 e. The molecule has 4 nitrogen and oxygen atoms in total. The quantitative estimate of drug-likeness (QED) is 0.734. The molecule has 0 aliphatic heterocycles. The molecule has 2 atom stereocenters. The van der Waals surface area contributed by atoms with Crippen molar-refractivity contribution in [2.45, 2.75) is 75.7 Å². The van der Waals surface area contributed by atoms with Crippen LogP contribution in [-0.2, 0) is 0 Å². The first-order valence-electron chi connectivity index (χ1n) is 7.66. The number of nitrogens with one attached hydrogen (secondary N) is 2. The first kappa shape index (κ1) is 16.4. The van der Waals surface area contributed by atoms with Crippen LogP contribution in [0.2, 0.25) is 0 Å². The highest BCUT2D eigenvalue weighted by Crippen LogP contribution is 2.37. The second-order valence-corrected chi connectivity index (χ2v) is 6.23. The third-order valence-electron chi connectivity index (χ3n) is 4.50. The lowest BCUT2D eigenvalue weighted by molar-refractivity contribution is -0.183. The molecule has 2 amide bonds. The summed E-state index contributed by atoms with van der Waals surface area (Å²) in [5, 5.41) is 14.9. The van der Waals surface area contributed by atoms with Gasteiger partial charge in [0.15, 0.2) is 0 Å². The van der Waals surface area contributed by atoms with Gasteiger partial charge in [-0.15, -0.1) is 0 Å². The number of carbonyl (C=O) groups excluding carboxylic acids is 1. The van der Waals surface area contributed by atoms with E-state index in [-0.39, 0.29) is 31.0 Å². The van der Waals surface area contributed by atoms with Gasteiger partial charge in [0.2, 0.25) is 0 Å². The largest absolute Gasteiger partial charge is 0.393 e. The van der Waals surface area contributed by atoms with Crippen LogP contribution in [0.15, 0.2) is 0 Å². The van der Waals surface area contributed by atoms with Crippen molar-refractivity contribution in [3.63, 3.8) is 0 Å². The van der Waals surface area contributed by atoms with E-state index in [1.165, 1.54) is 0 Å². The molecule has 0 saturated heterocycles. The van der Waals surface area contributed by atoms with Crippen molar-refractivity contribution in [2.24, 2.45) is 5.92 Å². The molecule has 2 rings (SSSR count). The Labute approximate surface area is 122 Å². The highest BCUT2D eigenvalue weighted by molar-refractivity contribution is 5.74. The Balaban J connectivity index is 1.74. The highest BCUT2D eigenvalue weighted by atomic mass is 19.4. The van der Waals surface area contributed by atoms with Gasteiger partial charge in [-0.1, -0.05) is 6.42 Å². The zero-order valence-corrected chi connectivity index (χ0v) is 12.0. The van der Waals surface area contributed by atoms with Crippen molar-refractivity contribution in [1.82, 2.24) is 10.6 Å². The molecule has 21 heavy (non-hydrogen) atoms. The predicted molar refractivity (Wildman–Crippen MR) is 71.7 cm³/mol. The van der Waals surface area contributed by atoms with Gasteiger partial charge >= 0.3 is 12.2 Å². The van der Waals surface area contributed by atoms with E-state index in [2.05, 4.69) is 10.6 Å². The third kappa shape index (κ3) is 5.05. The summed E-state index contributed by atoms with van der Waals surface area (Å²) in [6, 6.07) is -0.779. The van der Waals surface area contributed by atoms with Crippen molar-refractivity contribution >= 4 is 6.03 Å². The standard InChI is InChI=1S/C14H23F3N2O2/c15-14(16,17)9-2-1-3-11(8-9)19-13(21)18-10-4-6-12(20)7-5-10/h9-12,20H,1-8H2,(H2,18,19,21). The monoisotopic (exact) mass is 308 g/mol. The van der Waals surface area contributed by atoms with Crippen molar-refractivity contribution in [3.05, 3.63) is 0 Å². The molecule has 2 unspecified atom stereocenters. The molecule has 0 spiro atoms. The van der Waals surface area contributed by atoms with E-state index < -0.39 is 18.1 Å². The van der Waals surface area contributed by atoms with E-state index in [1.807, 2.05) is 0 Å². The summed E-state index contributed by atoms with van der Waals surface area (Å²) in [5.41, 5.74) is 0. The molecule has 0 aromatic carbocycles. The zero-order valence-electron chi connectivity index (χ0n) is 12.0. The number of amides is 2.